The SMILES string of the molecule is CN1CCN(C(=O)c2ccc(Nc3ccc(Br)cc3C#N)cc2)CC1. The molecule has 0 bridgehead atoms. The summed E-state index contributed by atoms with van der Waals surface area (Å²) < 4.78 is 0.864. The molecule has 5 nitrogen and oxygen atoms in total. The lowest BCUT2D eigenvalue weighted by Crippen LogP contribution is -2.47. The summed E-state index contributed by atoms with van der Waals surface area (Å²) in [4.78, 5) is 16.7. The number of nitriles is 1. The van der Waals surface area contributed by atoms with Crippen LogP contribution in [0.1, 0.15) is 15.9 Å². The molecule has 0 atom stereocenters. The van der Waals surface area contributed by atoms with E-state index in [-0.39, 0.29) is 5.91 Å². The lowest BCUT2D eigenvalue weighted by molar-refractivity contribution is 0.0664. The standard InChI is InChI=1S/C19H19BrN4O/c1-23-8-10-24(11-9-23)19(25)14-2-5-17(6-3-14)22-18-7-4-16(20)12-15(18)13-21/h2-7,12,22H,8-11H2,1H3. The summed E-state index contributed by atoms with van der Waals surface area (Å²) in [6.07, 6.45) is 0. The van der Waals surface area contributed by atoms with E-state index in [1.807, 2.05) is 41.3 Å². The fourth-order valence-corrected chi connectivity index (χ4v) is 3.12. The maximum Gasteiger partial charge on any atom is 0.253 e. The van der Waals surface area contributed by atoms with Gasteiger partial charge >= 0.3 is 0 Å². The van der Waals surface area contributed by atoms with Crippen molar-refractivity contribution in [1.82, 2.24) is 9.80 Å². The number of likely N-dealkylation sites (N-methyl/N-ethyl adjacent to an activating group) is 1. The second-order valence-electron chi connectivity index (χ2n) is 6.10. The number of amides is 1. The zero-order valence-corrected chi connectivity index (χ0v) is 15.6. The van der Waals surface area contributed by atoms with E-state index in [2.05, 4.69) is 39.3 Å². The highest BCUT2D eigenvalue weighted by molar-refractivity contribution is 9.10. The molecule has 0 unspecified atom stereocenters. The van der Waals surface area contributed by atoms with Gasteiger partial charge in [0.25, 0.3) is 5.91 Å². The smallest absolute Gasteiger partial charge is 0.253 e. The number of rotatable bonds is 3. The molecular weight excluding hydrogens is 380 g/mol. The fraction of sp³-hybridized carbons (Fsp3) is 0.263. The molecule has 0 spiro atoms. The molecule has 6 heteroatoms. The van der Waals surface area contributed by atoms with Gasteiger partial charge in [-0.25, -0.2) is 0 Å². The summed E-state index contributed by atoms with van der Waals surface area (Å²) in [6, 6.07) is 15.1. The van der Waals surface area contributed by atoms with Gasteiger partial charge in [-0.05, 0) is 49.5 Å². The van der Waals surface area contributed by atoms with Crippen molar-refractivity contribution in [2.45, 2.75) is 0 Å². The molecular formula is C19H19BrN4O. The maximum atomic E-state index is 12.6. The molecule has 1 aliphatic heterocycles. The molecule has 0 aliphatic carbocycles. The number of carbonyl (C=O) groups excluding carboxylic acids is 1. The van der Waals surface area contributed by atoms with Crippen LogP contribution in [0.3, 0.4) is 0 Å². The minimum Gasteiger partial charge on any atom is -0.354 e. The zero-order chi connectivity index (χ0) is 17.8. The molecule has 2 aromatic carbocycles. The van der Waals surface area contributed by atoms with E-state index in [9.17, 15) is 10.1 Å². The fourth-order valence-electron chi connectivity index (χ4n) is 2.76. The van der Waals surface area contributed by atoms with Gasteiger partial charge in [0.15, 0.2) is 0 Å². The molecule has 1 heterocycles. The Balaban J connectivity index is 1.70. The summed E-state index contributed by atoms with van der Waals surface area (Å²) in [5, 5.41) is 12.5. The second kappa shape index (κ2) is 7.68. The minimum absolute atomic E-state index is 0.0704. The number of carbonyl (C=O) groups is 1. The molecule has 0 aromatic heterocycles. The van der Waals surface area contributed by atoms with Crippen molar-refractivity contribution in [3.8, 4) is 6.07 Å². The van der Waals surface area contributed by atoms with Gasteiger partial charge in [-0.1, -0.05) is 15.9 Å². The molecule has 0 saturated carbocycles. The Bertz CT molecular complexity index is 805. The largest absolute Gasteiger partial charge is 0.354 e. The van der Waals surface area contributed by atoms with Crippen LogP contribution in [0.5, 0.6) is 0 Å². The number of hydrogen-bond donors (Lipinski definition) is 1. The van der Waals surface area contributed by atoms with Gasteiger partial charge in [0.1, 0.15) is 6.07 Å². The summed E-state index contributed by atoms with van der Waals surface area (Å²) in [7, 11) is 2.07. The molecule has 1 saturated heterocycles. The molecule has 1 aliphatic rings. The van der Waals surface area contributed by atoms with Crippen molar-refractivity contribution in [2.75, 3.05) is 38.5 Å². The van der Waals surface area contributed by atoms with E-state index < -0.39 is 0 Å². The predicted octanol–water partition coefficient (Wildman–Crippen LogP) is 3.45. The number of nitrogens with one attached hydrogen (secondary N) is 1. The molecule has 3 rings (SSSR count). The van der Waals surface area contributed by atoms with Gasteiger partial charge in [-0.3, -0.25) is 4.79 Å². The Morgan fingerprint density at radius 1 is 1.12 bits per heavy atom. The normalized spacial score (nSPS) is 14.8. The topological polar surface area (TPSA) is 59.4 Å². The van der Waals surface area contributed by atoms with Crippen molar-refractivity contribution >= 4 is 33.2 Å². The van der Waals surface area contributed by atoms with Gasteiger partial charge in [0.2, 0.25) is 0 Å². The second-order valence-corrected chi connectivity index (χ2v) is 7.02. The minimum atomic E-state index is 0.0704. The average molecular weight is 399 g/mol. The quantitative estimate of drug-likeness (QED) is 0.859. The lowest BCUT2D eigenvalue weighted by atomic mass is 10.1. The Labute approximate surface area is 156 Å². The highest BCUT2D eigenvalue weighted by Gasteiger charge is 2.20. The number of anilines is 2. The highest BCUT2D eigenvalue weighted by atomic mass is 79.9. The lowest BCUT2D eigenvalue weighted by Gasteiger charge is -2.32. The first-order valence-electron chi connectivity index (χ1n) is 8.11. The molecule has 25 heavy (non-hydrogen) atoms. The van der Waals surface area contributed by atoms with E-state index in [1.165, 1.54) is 0 Å². The summed E-state index contributed by atoms with van der Waals surface area (Å²) in [6.45, 7) is 3.34. The van der Waals surface area contributed by atoms with Crippen molar-refractivity contribution in [2.24, 2.45) is 0 Å². The van der Waals surface area contributed by atoms with Crippen LogP contribution < -0.4 is 5.32 Å². The van der Waals surface area contributed by atoms with Crippen LogP contribution >= 0.6 is 15.9 Å². The first-order chi connectivity index (χ1) is 12.1. The highest BCUT2D eigenvalue weighted by Crippen LogP contribution is 2.24. The van der Waals surface area contributed by atoms with E-state index in [1.54, 1.807) is 6.07 Å². The zero-order valence-electron chi connectivity index (χ0n) is 14.0. The number of piperazine rings is 1. The predicted molar refractivity (Wildman–Crippen MR) is 102 cm³/mol. The first kappa shape index (κ1) is 17.5. The number of halogens is 1. The van der Waals surface area contributed by atoms with Crippen molar-refractivity contribution in [3.63, 3.8) is 0 Å². The van der Waals surface area contributed by atoms with Gasteiger partial charge in [-0.2, -0.15) is 5.26 Å². The van der Waals surface area contributed by atoms with Gasteiger partial charge in [0, 0.05) is 41.9 Å². The van der Waals surface area contributed by atoms with E-state index in [4.69, 9.17) is 0 Å². The third-order valence-corrected chi connectivity index (χ3v) is 4.80. The Morgan fingerprint density at radius 3 is 2.44 bits per heavy atom. The van der Waals surface area contributed by atoms with Gasteiger partial charge in [-0.15, -0.1) is 0 Å². The van der Waals surface area contributed by atoms with E-state index in [0.29, 0.717) is 11.1 Å². The molecule has 1 fully saturated rings. The van der Waals surface area contributed by atoms with Crippen LogP contribution in [0.15, 0.2) is 46.9 Å². The molecule has 0 radical (unpaired) electrons. The Kier molecular flexibility index (Phi) is 5.37. The summed E-state index contributed by atoms with van der Waals surface area (Å²) >= 11 is 3.37. The first-order valence-corrected chi connectivity index (χ1v) is 8.90. The van der Waals surface area contributed by atoms with Crippen LogP contribution in [-0.4, -0.2) is 48.9 Å². The number of nitrogens with zero attached hydrogens (tertiary/aromatic N) is 3. The average Bonchev–Trinajstić information content (AvgIpc) is 2.64. The summed E-state index contributed by atoms with van der Waals surface area (Å²) in [5.74, 6) is 0.0704. The molecule has 1 amide bonds. The number of benzene rings is 2. The van der Waals surface area contributed by atoms with Crippen LogP contribution in [0, 0.1) is 11.3 Å². The molecule has 1 N–H and O–H groups in total. The van der Waals surface area contributed by atoms with Gasteiger partial charge < -0.3 is 15.1 Å². The van der Waals surface area contributed by atoms with E-state index in [0.717, 1.165) is 42.0 Å². The Hall–Kier alpha value is -2.36. The van der Waals surface area contributed by atoms with E-state index >= 15 is 0 Å². The molecule has 128 valence electrons. The molecule has 2 aromatic rings. The van der Waals surface area contributed by atoms with Crippen LogP contribution in [0.2, 0.25) is 0 Å². The number of hydrogen-bond acceptors (Lipinski definition) is 4. The van der Waals surface area contributed by atoms with Crippen LogP contribution in [-0.2, 0) is 0 Å². The summed E-state index contributed by atoms with van der Waals surface area (Å²) in [5.41, 5.74) is 2.83. The van der Waals surface area contributed by atoms with Crippen LogP contribution in [0.4, 0.5) is 11.4 Å². The maximum absolute atomic E-state index is 12.6. The third-order valence-electron chi connectivity index (χ3n) is 4.30. The van der Waals surface area contributed by atoms with Crippen molar-refractivity contribution < 1.29 is 4.79 Å². The Morgan fingerprint density at radius 2 is 1.80 bits per heavy atom. The van der Waals surface area contributed by atoms with Crippen molar-refractivity contribution in [3.05, 3.63) is 58.1 Å². The van der Waals surface area contributed by atoms with Crippen molar-refractivity contribution in [1.29, 1.82) is 5.26 Å². The van der Waals surface area contributed by atoms with Gasteiger partial charge in [0.05, 0.1) is 11.3 Å². The monoisotopic (exact) mass is 398 g/mol. The third kappa shape index (κ3) is 4.19. The van der Waals surface area contributed by atoms with Crippen LogP contribution in [0.25, 0.3) is 0 Å².